The Balaban J connectivity index is 1.84. The Morgan fingerprint density at radius 2 is 1.67 bits per heavy atom. The minimum atomic E-state index is -5.32. The van der Waals surface area contributed by atoms with E-state index >= 15 is 0 Å². The molecule has 0 spiro atoms. The second-order valence-electron chi connectivity index (χ2n) is 8.92. The van der Waals surface area contributed by atoms with Crippen molar-refractivity contribution in [1.82, 2.24) is 9.55 Å². The highest BCUT2D eigenvalue weighted by Gasteiger charge is 2.39. The second-order valence-corrected chi connectivity index (χ2v) is 10.7. The number of thiophene rings is 1. The summed E-state index contributed by atoms with van der Waals surface area (Å²) in [4.78, 5) is 26.5. The van der Waals surface area contributed by atoms with Gasteiger partial charge >= 0.3 is 18.2 Å². The lowest BCUT2D eigenvalue weighted by Gasteiger charge is -2.22. The molecule has 2 aromatic heterocycles. The molecular formula is C25H16Cl2F8N2O5S. The average molecular weight is 679 g/mol. The van der Waals surface area contributed by atoms with E-state index in [1.807, 2.05) is 4.98 Å². The molecule has 2 heterocycles. The zero-order chi connectivity index (χ0) is 32.0. The van der Waals surface area contributed by atoms with Crippen LogP contribution in [0.2, 0.25) is 10.0 Å². The van der Waals surface area contributed by atoms with E-state index in [-0.39, 0.29) is 41.8 Å². The van der Waals surface area contributed by atoms with Crippen LogP contribution in [0.4, 0.5) is 35.1 Å². The van der Waals surface area contributed by atoms with Crippen molar-refractivity contribution in [2.75, 3.05) is 0 Å². The first-order chi connectivity index (χ1) is 19.9. The van der Waals surface area contributed by atoms with E-state index in [9.17, 15) is 49.8 Å². The Morgan fingerprint density at radius 1 is 1.00 bits per heavy atom. The van der Waals surface area contributed by atoms with Crippen LogP contribution in [0.15, 0.2) is 46.0 Å². The molecule has 0 amide bonds. The van der Waals surface area contributed by atoms with Crippen molar-refractivity contribution in [3.05, 3.63) is 78.4 Å². The Morgan fingerprint density at radius 3 is 2.26 bits per heavy atom. The number of halogens is 10. The number of H-pyrrole nitrogens is 1. The van der Waals surface area contributed by atoms with E-state index in [0.717, 1.165) is 30.3 Å². The number of alkyl halides is 8. The van der Waals surface area contributed by atoms with Gasteiger partial charge in [-0.2, -0.15) is 13.2 Å². The van der Waals surface area contributed by atoms with E-state index in [0.29, 0.717) is 15.9 Å². The van der Waals surface area contributed by atoms with Gasteiger partial charge in [-0.15, -0.1) is 24.5 Å². The van der Waals surface area contributed by atoms with Gasteiger partial charge in [-0.3, -0.25) is 14.3 Å². The number of ether oxygens (including phenoxy) is 2. The molecule has 7 nitrogen and oxygen atoms in total. The molecular weight excluding hydrogens is 663 g/mol. The largest absolute Gasteiger partial charge is 0.573 e. The van der Waals surface area contributed by atoms with Crippen LogP contribution in [0.5, 0.6) is 11.5 Å². The fourth-order valence-corrected chi connectivity index (χ4v) is 5.65. The van der Waals surface area contributed by atoms with Crippen LogP contribution in [0.3, 0.4) is 0 Å². The van der Waals surface area contributed by atoms with Gasteiger partial charge in [0.1, 0.15) is 4.83 Å². The summed E-state index contributed by atoms with van der Waals surface area (Å²) >= 11 is 12.3. The first-order valence-electron chi connectivity index (χ1n) is 11.7. The normalized spacial score (nSPS) is 13.9. The number of hydrogen-bond donors (Lipinski definition) is 2. The molecule has 0 aliphatic rings. The Bertz CT molecular complexity index is 1790. The number of nitrogens with zero attached hydrogens (tertiary/aromatic N) is 1. The molecule has 0 saturated carbocycles. The quantitative estimate of drug-likeness (QED) is 0.192. The standard InChI is InChI=1S/C25H16Cl2F8N2O5S/c1-9-17-21(39)36-23(40)37(8-16(38)24(30,31)32)22(17)43-19(9)11-3-5-14(15(7-11)42-25(33,34)35)41-18(20(28)29)10-2-4-12(26)13(27)6-10/h2-7,16,18,20,38H,8H2,1H3,(H,36,39,40)/t16-,18?/m1/s1. The highest BCUT2D eigenvalue weighted by molar-refractivity contribution is 7.22. The van der Waals surface area contributed by atoms with E-state index in [4.69, 9.17) is 27.9 Å². The SMILES string of the molecule is Cc1c(-c2ccc(OC(c3ccc(Cl)c(Cl)c3)C(F)F)c(OC(F)(F)F)c2)sc2c1c(=O)[nH]c(=O)n2C[C@@H](O)C(F)(F)F. The summed E-state index contributed by atoms with van der Waals surface area (Å²) in [6.45, 7) is 0.0398. The zero-order valence-corrected chi connectivity index (χ0v) is 23.4. The lowest BCUT2D eigenvalue weighted by Crippen LogP contribution is -2.38. The lowest BCUT2D eigenvalue weighted by atomic mass is 10.1. The van der Waals surface area contributed by atoms with Crippen molar-refractivity contribution in [2.24, 2.45) is 0 Å². The van der Waals surface area contributed by atoms with Gasteiger partial charge in [0.15, 0.2) is 23.7 Å². The maximum Gasteiger partial charge on any atom is 0.573 e. The summed E-state index contributed by atoms with van der Waals surface area (Å²) in [6.07, 6.45) is -18.8. The predicted molar refractivity (Wildman–Crippen MR) is 141 cm³/mol. The first-order valence-corrected chi connectivity index (χ1v) is 13.3. The average Bonchev–Trinajstić information content (AvgIpc) is 3.23. The molecule has 4 rings (SSSR count). The van der Waals surface area contributed by atoms with Gasteiger partial charge in [-0.25, -0.2) is 13.6 Å². The van der Waals surface area contributed by atoms with Crippen LogP contribution in [-0.2, 0) is 6.54 Å². The third-order valence-electron chi connectivity index (χ3n) is 5.99. The van der Waals surface area contributed by atoms with Gasteiger partial charge in [0.05, 0.1) is 22.0 Å². The topological polar surface area (TPSA) is 93.5 Å². The Labute approximate surface area is 248 Å². The summed E-state index contributed by atoms with van der Waals surface area (Å²) in [7, 11) is 0. The smallest absolute Gasteiger partial charge is 0.476 e. The Hall–Kier alpha value is -3.34. The fraction of sp³-hybridized carbons (Fsp3) is 0.280. The third kappa shape index (κ3) is 7.08. The van der Waals surface area contributed by atoms with Crippen molar-refractivity contribution < 1.29 is 49.7 Å². The third-order valence-corrected chi connectivity index (χ3v) is 8.09. The van der Waals surface area contributed by atoms with E-state index < -0.39 is 60.5 Å². The minimum Gasteiger partial charge on any atom is -0.476 e. The molecule has 43 heavy (non-hydrogen) atoms. The minimum absolute atomic E-state index is 0.0230. The van der Waals surface area contributed by atoms with Crippen molar-refractivity contribution in [2.45, 2.75) is 44.6 Å². The van der Waals surface area contributed by atoms with Crippen molar-refractivity contribution in [3.63, 3.8) is 0 Å². The summed E-state index contributed by atoms with van der Waals surface area (Å²) in [5, 5.41) is 9.16. The molecule has 0 aliphatic heterocycles. The summed E-state index contributed by atoms with van der Waals surface area (Å²) < 4.78 is 117. The van der Waals surface area contributed by atoms with Gasteiger partial charge in [-0.1, -0.05) is 29.3 Å². The number of aryl methyl sites for hydroxylation is 1. The number of aliphatic hydroxyl groups excluding tert-OH is 1. The van der Waals surface area contributed by atoms with E-state index in [1.165, 1.54) is 13.0 Å². The van der Waals surface area contributed by atoms with Gasteiger partial charge < -0.3 is 14.6 Å². The molecule has 2 N–H and O–H groups in total. The van der Waals surface area contributed by atoms with Crippen LogP contribution in [-0.4, -0.2) is 39.7 Å². The number of fused-ring (bicyclic) bond motifs is 1. The summed E-state index contributed by atoms with van der Waals surface area (Å²) in [6, 6.07) is 6.16. The van der Waals surface area contributed by atoms with E-state index in [2.05, 4.69) is 4.74 Å². The lowest BCUT2D eigenvalue weighted by molar-refractivity contribution is -0.275. The molecule has 0 radical (unpaired) electrons. The molecule has 18 heteroatoms. The van der Waals surface area contributed by atoms with Crippen molar-refractivity contribution >= 4 is 44.8 Å². The maximum atomic E-state index is 13.9. The highest BCUT2D eigenvalue weighted by Crippen LogP contribution is 2.43. The number of nitrogens with one attached hydrogen (secondary N) is 1. The van der Waals surface area contributed by atoms with Crippen molar-refractivity contribution in [3.8, 4) is 21.9 Å². The first kappa shape index (κ1) is 32.6. The number of aliphatic hydroxyl groups is 1. The van der Waals surface area contributed by atoms with Crippen LogP contribution in [0, 0.1) is 6.92 Å². The molecule has 0 aliphatic carbocycles. The number of aromatic amines is 1. The number of aromatic nitrogens is 2. The fourth-order valence-electron chi connectivity index (χ4n) is 4.03. The second kappa shape index (κ2) is 12.0. The molecule has 4 aromatic rings. The van der Waals surface area contributed by atoms with Crippen LogP contribution < -0.4 is 20.7 Å². The maximum absolute atomic E-state index is 13.9. The zero-order valence-electron chi connectivity index (χ0n) is 21.1. The van der Waals surface area contributed by atoms with Crippen molar-refractivity contribution in [1.29, 1.82) is 0 Å². The molecule has 0 fully saturated rings. The van der Waals surface area contributed by atoms with Crippen LogP contribution in [0.1, 0.15) is 17.2 Å². The number of hydrogen-bond acceptors (Lipinski definition) is 6. The summed E-state index contributed by atoms with van der Waals surface area (Å²) in [5.74, 6) is -1.83. The van der Waals surface area contributed by atoms with Gasteiger partial charge in [0.2, 0.25) is 0 Å². The monoisotopic (exact) mass is 678 g/mol. The summed E-state index contributed by atoms with van der Waals surface area (Å²) in [5.41, 5.74) is -2.51. The predicted octanol–water partition coefficient (Wildman–Crippen LogP) is 7.24. The molecule has 232 valence electrons. The van der Waals surface area contributed by atoms with E-state index in [1.54, 1.807) is 0 Å². The molecule has 1 unspecified atom stereocenters. The molecule has 0 bridgehead atoms. The van der Waals surface area contributed by atoms with Gasteiger partial charge in [0.25, 0.3) is 12.0 Å². The molecule has 2 aromatic carbocycles. The molecule has 2 atom stereocenters. The highest BCUT2D eigenvalue weighted by atomic mass is 35.5. The van der Waals surface area contributed by atoms with Crippen LogP contribution in [0.25, 0.3) is 20.7 Å². The number of benzene rings is 2. The van der Waals surface area contributed by atoms with Gasteiger partial charge in [0, 0.05) is 4.88 Å². The molecule has 0 saturated heterocycles. The van der Waals surface area contributed by atoms with Gasteiger partial charge in [-0.05, 0) is 53.9 Å². The van der Waals surface area contributed by atoms with Crippen LogP contribution >= 0.6 is 34.5 Å². The Kier molecular flexibility index (Phi) is 9.07. The number of rotatable bonds is 8.